The molecule has 1 aliphatic rings. The molecule has 0 aliphatic carbocycles. The van der Waals surface area contributed by atoms with Crippen LogP contribution in [0.2, 0.25) is 0 Å². The zero-order valence-corrected chi connectivity index (χ0v) is 12.4. The molecule has 0 radical (unpaired) electrons. The minimum absolute atomic E-state index is 0.179. The number of hydrogen-bond donors (Lipinski definition) is 1. The summed E-state index contributed by atoms with van der Waals surface area (Å²) < 4.78 is 11.8. The van der Waals surface area contributed by atoms with E-state index in [1.54, 1.807) is 13.4 Å². The minimum atomic E-state index is 0.179. The fourth-order valence-electron chi connectivity index (χ4n) is 2.63. The van der Waals surface area contributed by atoms with E-state index in [2.05, 4.69) is 20.8 Å². The summed E-state index contributed by atoms with van der Waals surface area (Å²) in [5.41, 5.74) is 5.91. The summed E-state index contributed by atoms with van der Waals surface area (Å²) in [6, 6.07) is 2.10. The highest BCUT2D eigenvalue weighted by atomic mass is 79.9. The monoisotopic (exact) mass is 316 g/mol. The molecule has 2 heterocycles. The van der Waals surface area contributed by atoms with Gasteiger partial charge in [-0.1, -0.05) is 0 Å². The van der Waals surface area contributed by atoms with Crippen molar-refractivity contribution in [1.29, 1.82) is 0 Å². The van der Waals surface area contributed by atoms with Crippen LogP contribution < -0.4 is 5.73 Å². The SMILES string of the molecule is COCC1CCN(C(CN)c2occc2Br)CC1. The van der Waals surface area contributed by atoms with Gasteiger partial charge in [-0.3, -0.25) is 4.90 Å². The van der Waals surface area contributed by atoms with Crippen molar-refractivity contribution < 1.29 is 9.15 Å². The van der Waals surface area contributed by atoms with E-state index in [1.165, 1.54) is 12.8 Å². The molecule has 2 N–H and O–H groups in total. The number of halogens is 1. The molecule has 1 fully saturated rings. The number of nitrogens with zero attached hydrogens (tertiary/aromatic N) is 1. The second kappa shape index (κ2) is 6.70. The van der Waals surface area contributed by atoms with E-state index in [1.807, 2.05) is 6.07 Å². The van der Waals surface area contributed by atoms with Crippen molar-refractivity contribution >= 4 is 15.9 Å². The zero-order valence-electron chi connectivity index (χ0n) is 10.8. The zero-order chi connectivity index (χ0) is 13.0. The first-order valence-corrected chi connectivity index (χ1v) is 7.21. The van der Waals surface area contributed by atoms with Crippen molar-refractivity contribution in [3.05, 3.63) is 22.6 Å². The van der Waals surface area contributed by atoms with Gasteiger partial charge >= 0.3 is 0 Å². The number of hydrogen-bond acceptors (Lipinski definition) is 4. The number of piperidine rings is 1. The quantitative estimate of drug-likeness (QED) is 0.906. The Hall–Kier alpha value is -0.360. The normalized spacial score (nSPS) is 20.2. The molecule has 1 unspecified atom stereocenters. The van der Waals surface area contributed by atoms with E-state index in [9.17, 15) is 0 Å². The second-order valence-corrected chi connectivity index (χ2v) is 5.67. The van der Waals surface area contributed by atoms with Gasteiger partial charge in [0.05, 0.1) is 16.8 Å². The van der Waals surface area contributed by atoms with Crippen molar-refractivity contribution in [3.8, 4) is 0 Å². The summed E-state index contributed by atoms with van der Waals surface area (Å²) in [7, 11) is 1.77. The summed E-state index contributed by atoms with van der Waals surface area (Å²) in [6.45, 7) is 3.57. The van der Waals surface area contributed by atoms with Gasteiger partial charge in [-0.15, -0.1) is 0 Å². The molecule has 0 bridgehead atoms. The maximum absolute atomic E-state index is 5.91. The van der Waals surface area contributed by atoms with Crippen LogP contribution in [0.4, 0.5) is 0 Å². The molecule has 0 aromatic carbocycles. The molecule has 1 saturated heterocycles. The van der Waals surface area contributed by atoms with Gasteiger partial charge in [0, 0.05) is 20.3 Å². The minimum Gasteiger partial charge on any atom is -0.466 e. The first-order valence-electron chi connectivity index (χ1n) is 6.42. The standard InChI is InChI=1S/C13H21BrN2O2/c1-17-9-10-2-5-16(6-3-10)12(8-15)13-11(14)4-7-18-13/h4,7,10,12H,2-3,5-6,8-9,15H2,1H3. The number of methoxy groups -OCH3 is 1. The van der Waals surface area contributed by atoms with Gasteiger partial charge in [-0.05, 0) is 53.8 Å². The van der Waals surface area contributed by atoms with Crippen molar-refractivity contribution in [3.63, 3.8) is 0 Å². The largest absolute Gasteiger partial charge is 0.466 e. The van der Waals surface area contributed by atoms with E-state index in [-0.39, 0.29) is 6.04 Å². The molecule has 1 aliphatic heterocycles. The van der Waals surface area contributed by atoms with E-state index in [0.717, 1.165) is 29.9 Å². The Bertz CT molecular complexity index is 362. The molecular weight excluding hydrogens is 296 g/mol. The van der Waals surface area contributed by atoms with Crippen molar-refractivity contribution in [2.75, 3.05) is 33.4 Å². The molecule has 1 atom stereocenters. The van der Waals surface area contributed by atoms with E-state index in [4.69, 9.17) is 14.9 Å². The van der Waals surface area contributed by atoms with Crippen LogP contribution in [-0.2, 0) is 4.74 Å². The van der Waals surface area contributed by atoms with Crippen LogP contribution in [0.3, 0.4) is 0 Å². The van der Waals surface area contributed by atoms with Crippen LogP contribution in [0, 0.1) is 5.92 Å². The van der Waals surface area contributed by atoms with E-state index in [0.29, 0.717) is 12.5 Å². The van der Waals surface area contributed by atoms with Gasteiger partial charge in [0.2, 0.25) is 0 Å². The van der Waals surface area contributed by atoms with Gasteiger partial charge in [-0.2, -0.15) is 0 Å². The first-order chi connectivity index (χ1) is 8.76. The molecule has 0 spiro atoms. The Morgan fingerprint density at radius 1 is 1.56 bits per heavy atom. The third-order valence-corrected chi connectivity index (χ3v) is 4.32. The molecule has 18 heavy (non-hydrogen) atoms. The average molecular weight is 317 g/mol. The molecule has 102 valence electrons. The lowest BCUT2D eigenvalue weighted by atomic mass is 9.96. The van der Waals surface area contributed by atoms with Crippen LogP contribution in [0.25, 0.3) is 0 Å². The summed E-state index contributed by atoms with van der Waals surface area (Å²) in [6.07, 6.45) is 4.05. The predicted molar refractivity (Wildman–Crippen MR) is 74.4 cm³/mol. The third kappa shape index (κ3) is 3.15. The molecule has 0 amide bonds. The van der Waals surface area contributed by atoms with Crippen molar-refractivity contribution in [2.24, 2.45) is 11.7 Å². The lowest BCUT2D eigenvalue weighted by Gasteiger charge is -2.36. The van der Waals surface area contributed by atoms with E-state index >= 15 is 0 Å². The predicted octanol–water partition coefficient (Wildman–Crippen LogP) is 2.40. The van der Waals surface area contributed by atoms with Gasteiger partial charge in [-0.25, -0.2) is 0 Å². The fraction of sp³-hybridized carbons (Fsp3) is 0.692. The second-order valence-electron chi connectivity index (χ2n) is 4.82. The first kappa shape index (κ1) is 14.1. The van der Waals surface area contributed by atoms with E-state index < -0.39 is 0 Å². The fourth-order valence-corrected chi connectivity index (χ4v) is 3.10. The van der Waals surface area contributed by atoms with Gasteiger partial charge < -0.3 is 14.9 Å². The lowest BCUT2D eigenvalue weighted by Crippen LogP contribution is -2.40. The summed E-state index contributed by atoms with van der Waals surface area (Å²) >= 11 is 3.52. The smallest absolute Gasteiger partial charge is 0.136 e. The highest BCUT2D eigenvalue weighted by molar-refractivity contribution is 9.10. The van der Waals surface area contributed by atoms with Gasteiger partial charge in [0.1, 0.15) is 5.76 Å². The van der Waals surface area contributed by atoms with Crippen molar-refractivity contribution in [1.82, 2.24) is 4.90 Å². The third-order valence-electron chi connectivity index (χ3n) is 3.66. The molecule has 1 aromatic heterocycles. The molecular formula is C13H21BrN2O2. The van der Waals surface area contributed by atoms with Gasteiger partial charge in [0.15, 0.2) is 0 Å². The van der Waals surface area contributed by atoms with Crippen LogP contribution in [-0.4, -0.2) is 38.3 Å². The van der Waals surface area contributed by atoms with Crippen LogP contribution in [0.5, 0.6) is 0 Å². The van der Waals surface area contributed by atoms with Crippen LogP contribution in [0.1, 0.15) is 24.6 Å². The lowest BCUT2D eigenvalue weighted by molar-refractivity contribution is 0.0753. The topological polar surface area (TPSA) is 51.6 Å². The number of likely N-dealkylation sites (tertiary alicyclic amines) is 1. The Labute approximate surface area is 117 Å². The Morgan fingerprint density at radius 2 is 2.28 bits per heavy atom. The van der Waals surface area contributed by atoms with Crippen molar-refractivity contribution in [2.45, 2.75) is 18.9 Å². The Morgan fingerprint density at radius 3 is 2.78 bits per heavy atom. The average Bonchev–Trinajstić information content (AvgIpc) is 2.79. The number of nitrogens with two attached hydrogens (primary N) is 1. The summed E-state index contributed by atoms with van der Waals surface area (Å²) in [5, 5.41) is 0. The molecule has 2 rings (SSSR count). The molecule has 5 heteroatoms. The Balaban J connectivity index is 1.97. The maximum atomic E-state index is 5.91. The van der Waals surface area contributed by atoms with Crippen LogP contribution in [0.15, 0.2) is 21.2 Å². The molecule has 4 nitrogen and oxygen atoms in total. The van der Waals surface area contributed by atoms with Gasteiger partial charge in [0.25, 0.3) is 0 Å². The number of rotatable bonds is 5. The molecule has 0 saturated carbocycles. The maximum Gasteiger partial charge on any atom is 0.136 e. The Kier molecular flexibility index (Phi) is 5.24. The molecule has 1 aromatic rings. The highest BCUT2D eigenvalue weighted by Crippen LogP contribution is 2.31. The summed E-state index contributed by atoms with van der Waals surface area (Å²) in [4.78, 5) is 2.41. The number of furan rings is 1. The van der Waals surface area contributed by atoms with Crippen LogP contribution >= 0.6 is 15.9 Å². The summed E-state index contributed by atoms with van der Waals surface area (Å²) in [5.74, 6) is 1.63. The highest BCUT2D eigenvalue weighted by Gasteiger charge is 2.28. The number of ether oxygens (including phenoxy) is 1.